The minimum atomic E-state index is -0.561. The Kier molecular flexibility index (Phi) is 6.95. The van der Waals surface area contributed by atoms with Gasteiger partial charge in [0.1, 0.15) is 18.1 Å². The highest BCUT2D eigenvalue weighted by Gasteiger charge is 2.14. The van der Waals surface area contributed by atoms with E-state index in [4.69, 9.17) is 9.47 Å². The van der Waals surface area contributed by atoms with Gasteiger partial charge in [-0.1, -0.05) is 31.2 Å². The fourth-order valence-corrected chi connectivity index (χ4v) is 2.71. The van der Waals surface area contributed by atoms with Crippen molar-refractivity contribution in [3.63, 3.8) is 0 Å². The van der Waals surface area contributed by atoms with Crippen LogP contribution in [0.1, 0.15) is 29.3 Å². The quantitative estimate of drug-likeness (QED) is 0.309. The lowest BCUT2D eigenvalue weighted by atomic mass is 10.1. The van der Waals surface area contributed by atoms with Crippen LogP contribution in [0.4, 0.5) is 11.4 Å². The zero-order chi connectivity index (χ0) is 22.2. The molecule has 31 heavy (non-hydrogen) atoms. The zero-order valence-electron chi connectivity index (χ0n) is 16.7. The molecule has 3 rings (SSSR count). The normalized spacial score (nSPS) is 10.2. The highest BCUT2D eigenvalue weighted by Crippen LogP contribution is 2.25. The van der Waals surface area contributed by atoms with Crippen LogP contribution >= 0.6 is 0 Å². The van der Waals surface area contributed by atoms with Crippen LogP contribution in [0.15, 0.2) is 72.8 Å². The van der Waals surface area contributed by atoms with Gasteiger partial charge in [-0.3, -0.25) is 14.9 Å². The molecule has 0 aliphatic heterocycles. The van der Waals surface area contributed by atoms with Gasteiger partial charge in [0.25, 0.3) is 5.69 Å². The second kappa shape index (κ2) is 10.0. The number of nitrogens with zero attached hydrogens (tertiary/aromatic N) is 1. The number of benzene rings is 3. The van der Waals surface area contributed by atoms with Crippen molar-refractivity contribution < 1.29 is 24.0 Å². The molecule has 8 heteroatoms. The van der Waals surface area contributed by atoms with Crippen LogP contribution in [0.3, 0.4) is 0 Å². The summed E-state index contributed by atoms with van der Waals surface area (Å²) in [5.41, 5.74) is 1.34. The summed E-state index contributed by atoms with van der Waals surface area (Å²) in [6, 6.07) is 19.3. The zero-order valence-corrected chi connectivity index (χ0v) is 16.7. The summed E-state index contributed by atoms with van der Waals surface area (Å²) >= 11 is 0. The number of ether oxygens (including phenoxy) is 2. The number of nitrogens with one attached hydrogen (secondary N) is 1. The Bertz CT molecular complexity index is 1100. The first kappa shape index (κ1) is 21.5. The van der Waals surface area contributed by atoms with Gasteiger partial charge < -0.3 is 14.8 Å². The summed E-state index contributed by atoms with van der Waals surface area (Å²) in [6.07, 6.45) is 0.297. The Hall–Kier alpha value is -4.20. The molecule has 0 heterocycles. The summed E-state index contributed by atoms with van der Waals surface area (Å²) < 4.78 is 11.1. The Morgan fingerprint density at radius 3 is 2.42 bits per heavy atom. The van der Waals surface area contributed by atoms with Gasteiger partial charge in [0.05, 0.1) is 16.2 Å². The minimum absolute atomic E-state index is 0.00630. The molecule has 0 spiro atoms. The summed E-state index contributed by atoms with van der Waals surface area (Å²) in [5, 5.41) is 13.4. The lowest BCUT2D eigenvalue weighted by Crippen LogP contribution is -2.14. The number of hydrogen-bond acceptors (Lipinski definition) is 6. The van der Waals surface area contributed by atoms with E-state index >= 15 is 0 Å². The smallest absolute Gasteiger partial charge is 0.340 e. The van der Waals surface area contributed by atoms with Crippen LogP contribution in [0.2, 0.25) is 0 Å². The predicted octanol–water partition coefficient (Wildman–Crippen LogP) is 5.09. The van der Waals surface area contributed by atoms with Crippen LogP contribution in [-0.2, 0) is 16.1 Å². The predicted molar refractivity (Wildman–Crippen MR) is 114 cm³/mol. The molecule has 0 atom stereocenters. The first-order valence-electron chi connectivity index (χ1n) is 9.53. The van der Waals surface area contributed by atoms with Crippen LogP contribution in [0, 0.1) is 10.1 Å². The van der Waals surface area contributed by atoms with Crippen LogP contribution in [0.25, 0.3) is 0 Å². The van der Waals surface area contributed by atoms with Gasteiger partial charge in [-0.05, 0) is 42.0 Å². The fourth-order valence-electron chi connectivity index (χ4n) is 2.71. The number of esters is 1. The molecule has 8 nitrogen and oxygen atoms in total. The Morgan fingerprint density at radius 2 is 1.71 bits per heavy atom. The van der Waals surface area contributed by atoms with Crippen molar-refractivity contribution in [2.45, 2.75) is 20.0 Å². The minimum Gasteiger partial charge on any atom is -0.457 e. The molecule has 0 bridgehead atoms. The van der Waals surface area contributed by atoms with Crippen LogP contribution in [-0.4, -0.2) is 16.8 Å². The van der Waals surface area contributed by atoms with Gasteiger partial charge >= 0.3 is 5.97 Å². The average molecular weight is 420 g/mol. The monoisotopic (exact) mass is 420 g/mol. The molecule has 0 fully saturated rings. The third kappa shape index (κ3) is 5.89. The van der Waals surface area contributed by atoms with Crippen molar-refractivity contribution >= 4 is 23.3 Å². The molecule has 0 aliphatic carbocycles. The molecule has 1 N–H and O–H groups in total. The standard InChI is InChI=1S/C23H20N2O6/c1-2-22(26)24-21-9-4-3-8-20(21)23(27)30-15-16-6-5-7-19(14-16)31-18-12-10-17(11-13-18)25(28)29/h3-14H,2,15H2,1H3,(H,24,26). The number of anilines is 1. The Balaban J connectivity index is 1.64. The lowest BCUT2D eigenvalue weighted by molar-refractivity contribution is -0.384. The summed E-state index contributed by atoms with van der Waals surface area (Å²) in [5.74, 6) is 0.184. The molecule has 0 saturated heterocycles. The van der Waals surface area contributed by atoms with Gasteiger partial charge in [-0.25, -0.2) is 4.79 Å². The first-order chi connectivity index (χ1) is 15.0. The molecule has 0 unspecified atom stereocenters. The van der Waals surface area contributed by atoms with Crippen molar-refractivity contribution in [3.8, 4) is 11.5 Å². The van der Waals surface area contributed by atoms with Crippen molar-refractivity contribution in [1.82, 2.24) is 0 Å². The molecule has 158 valence electrons. The van der Waals surface area contributed by atoms with E-state index in [1.165, 1.54) is 24.3 Å². The molecule has 0 aliphatic rings. The largest absolute Gasteiger partial charge is 0.457 e. The van der Waals surface area contributed by atoms with Gasteiger partial charge in [-0.15, -0.1) is 0 Å². The van der Waals surface area contributed by atoms with E-state index in [9.17, 15) is 19.7 Å². The SMILES string of the molecule is CCC(=O)Nc1ccccc1C(=O)OCc1cccc(Oc2ccc([N+](=O)[O-])cc2)c1. The number of amides is 1. The fraction of sp³-hybridized carbons (Fsp3) is 0.130. The molecule has 0 saturated carbocycles. The van der Waals surface area contributed by atoms with E-state index in [1.54, 1.807) is 55.5 Å². The molecule has 1 amide bonds. The summed E-state index contributed by atoms with van der Waals surface area (Å²) in [7, 11) is 0. The van der Waals surface area contributed by atoms with E-state index in [1.807, 2.05) is 0 Å². The second-order valence-corrected chi connectivity index (χ2v) is 6.52. The third-order valence-corrected chi connectivity index (χ3v) is 4.29. The third-order valence-electron chi connectivity index (χ3n) is 4.29. The molecule has 0 radical (unpaired) electrons. The van der Waals surface area contributed by atoms with Crippen molar-refractivity contribution in [3.05, 3.63) is 94.0 Å². The maximum atomic E-state index is 12.5. The maximum Gasteiger partial charge on any atom is 0.340 e. The van der Waals surface area contributed by atoms with Crippen molar-refractivity contribution in [1.29, 1.82) is 0 Å². The van der Waals surface area contributed by atoms with Gasteiger partial charge in [-0.2, -0.15) is 0 Å². The number of para-hydroxylation sites is 1. The number of rotatable bonds is 8. The van der Waals surface area contributed by atoms with Gasteiger partial charge in [0, 0.05) is 18.6 Å². The Labute approximate surface area is 178 Å². The number of non-ortho nitro benzene ring substituents is 1. The summed E-state index contributed by atoms with van der Waals surface area (Å²) in [6.45, 7) is 1.73. The van der Waals surface area contributed by atoms with E-state index in [2.05, 4.69) is 5.32 Å². The van der Waals surface area contributed by atoms with E-state index in [0.29, 0.717) is 29.2 Å². The number of carbonyl (C=O) groups is 2. The van der Waals surface area contributed by atoms with Gasteiger partial charge in [0.2, 0.25) is 5.91 Å². The second-order valence-electron chi connectivity index (χ2n) is 6.52. The first-order valence-corrected chi connectivity index (χ1v) is 9.53. The van der Waals surface area contributed by atoms with Crippen molar-refractivity contribution in [2.75, 3.05) is 5.32 Å². The number of nitro benzene ring substituents is 1. The van der Waals surface area contributed by atoms with Crippen LogP contribution < -0.4 is 10.1 Å². The van der Waals surface area contributed by atoms with E-state index < -0.39 is 10.9 Å². The van der Waals surface area contributed by atoms with Crippen LogP contribution in [0.5, 0.6) is 11.5 Å². The number of nitro groups is 1. The number of carbonyl (C=O) groups excluding carboxylic acids is 2. The molecule has 3 aromatic rings. The maximum absolute atomic E-state index is 12.5. The Morgan fingerprint density at radius 1 is 0.968 bits per heavy atom. The van der Waals surface area contributed by atoms with E-state index in [0.717, 1.165) is 0 Å². The molecule has 0 aromatic heterocycles. The number of hydrogen-bond donors (Lipinski definition) is 1. The average Bonchev–Trinajstić information content (AvgIpc) is 2.78. The van der Waals surface area contributed by atoms with E-state index in [-0.39, 0.29) is 23.8 Å². The summed E-state index contributed by atoms with van der Waals surface area (Å²) in [4.78, 5) is 34.4. The highest BCUT2D eigenvalue weighted by atomic mass is 16.6. The lowest BCUT2D eigenvalue weighted by Gasteiger charge is -2.11. The topological polar surface area (TPSA) is 108 Å². The highest BCUT2D eigenvalue weighted by molar-refractivity contribution is 6.01. The molecule has 3 aromatic carbocycles. The van der Waals surface area contributed by atoms with Crippen molar-refractivity contribution in [2.24, 2.45) is 0 Å². The molecular weight excluding hydrogens is 400 g/mol. The molecular formula is C23H20N2O6. The van der Waals surface area contributed by atoms with Gasteiger partial charge in [0.15, 0.2) is 0 Å².